The van der Waals surface area contributed by atoms with Gasteiger partial charge in [0.1, 0.15) is 11.6 Å². The van der Waals surface area contributed by atoms with Crippen molar-refractivity contribution in [2.75, 3.05) is 18.4 Å². The van der Waals surface area contributed by atoms with E-state index in [4.69, 9.17) is 9.47 Å². The van der Waals surface area contributed by atoms with Crippen LogP contribution in [0.4, 0.5) is 10.1 Å². The van der Waals surface area contributed by atoms with Crippen LogP contribution in [0.15, 0.2) is 71.6 Å². The Bertz CT molecular complexity index is 1460. The number of sulfonamides is 1. The lowest BCUT2D eigenvalue weighted by Gasteiger charge is -2.11. The molecule has 4 rings (SSSR count). The Labute approximate surface area is 196 Å². The summed E-state index contributed by atoms with van der Waals surface area (Å²) < 4.78 is 53.7. The third-order valence-electron chi connectivity index (χ3n) is 5.39. The van der Waals surface area contributed by atoms with E-state index in [9.17, 15) is 17.6 Å². The fraction of sp³-hybridized carbons (Fsp3) is 0.160. The van der Waals surface area contributed by atoms with Gasteiger partial charge in [-0.2, -0.15) is 0 Å². The topological polar surface area (TPSA) is 86.6 Å². The number of nitrogens with one attached hydrogen (secondary N) is 1. The lowest BCUT2D eigenvalue weighted by atomic mass is 10.1. The maximum absolute atomic E-state index is 13.2. The Morgan fingerprint density at radius 1 is 1.03 bits per heavy atom. The molecule has 3 aromatic carbocycles. The van der Waals surface area contributed by atoms with E-state index in [0.717, 1.165) is 17.8 Å². The van der Waals surface area contributed by atoms with Gasteiger partial charge < -0.3 is 14.0 Å². The summed E-state index contributed by atoms with van der Waals surface area (Å²) in [5.41, 5.74) is 2.76. The molecule has 0 spiro atoms. The molecule has 9 heteroatoms. The standard InChI is InChI=1S/C25H23FN2O5S/c1-4-33-25(29)24-16(2)28(19-8-10-20(32-3)11-9-19)23-14-7-18(15-22(23)24)27-34(30,31)21-12-5-17(26)6-13-21/h5-15,27H,4H2,1-3H3. The van der Waals surface area contributed by atoms with Crippen molar-refractivity contribution < 1.29 is 27.1 Å². The van der Waals surface area contributed by atoms with E-state index in [-0.39, 0.29) is 17.2 Å². The average Bonchev–Trinajstić information content (AvgIpc) is 3.10. The summed E-state index contributed by atoms with van der Waals surface area (Å²) in [7, 11) is -2.38. The maximum Gasteiger partial charge on any atom is 0.340 e. The Balaban J connectivity index is 1.84. The number of benzene rings is 3. The van der Waals surface area contributed by atoms with Gasteiger partial charge >= 0.3 is 5.97 Å². The zero-order valence-corrected chi connectivity index (χ0v) is 19.6. The molecule has 0 unspecified atom stereocenters. The van der Waals surface area contributed by atoms with Crippen LogP contribution in [-0.4, -0.2) is 32.7 Å². The lowest BCUT2D eigenvalue weighted by Crippen LogP contribution is -2.13. The highest BCUT2D eigenvalue weighted by Gasteiger charge is 2.23. The molecule has 176 valence electrons. The van der Waals surface area contributed by atoms with Crippen LogP contribution in [0.5, 0.6) is 5.75 Å². The van der Waals surface area contributed by atoms with Crippen LogP contribution in [-0.2, 0) is 14.8 Å². The molecule has 0 saturated heterocycles. The molecule has 1 heterocycles. The van der Waals surface area contributed by atoms with E-state index in [1.807, 2.05) is 28.8 Å². The van der Waals surface area contributed by atoms with Gasteiger partial charge in [-0.25, -0.2) is 17.6 Å². The summed E-state index contributed by atoms with van der Waals surface area (Å²) in [5, 5.41) is 0.533. The molecule has 0 radical (unpaired) electrons. The Morgan fingerprint density at radius 2 is 1.71 bits per heavy atom. The van der Waals surface area contributed by atoms with Gasteiger partial charge in [-0.1, -0.05) is 0 Å². The van der Waals surface area contributed by atoms with Crippen molar-refractivity contribution in [3.8, 4) is 11.4 Å². The number of hydrogen-bond donors (Lipinski definition) is 1. The minimum atomic E-state index is -3.96. The number of aromatic nitrogens is 1. The maximum atomic E-state index is 13.2. The van der Waals surface area contributed by atoms with E-state index < -0.39 is 21.8 Å². The Morgan fingerprint density at radius 3 is 2.32 bits per heavy atom. The summed E-state index contributed by atoms with van der Waals surface area (Å²) in [5.74, 6) is -0.341. The number of hydrogen-bond acceptors (Lipinski definition) is 5. The van der Waals surface area contributed by atoms with Crippen LogP contribution < -0.4 is 9.46 Å². The molecule has 34 heavy (non-hydrogen) atoms. The number of halogens is 1. The van der Waals surface area contributed by atoms with E-state index in [0.29, 0.717) is 27.9 Å². The number of fused-ring (bicyclic) bond motifs is 1. The minimum absolute atomic E-state index is 0.0772. The number of rotatable bonds is 7. The first-order valence-electron chi connectivity index (χ1n) is 10.5. The van der Waals surface area contributed by atoms with E-state index in [2.05, 4.69) is 4.72 Å². The number of carbonyl (C=O) groups excluding carboxylic acids is 1. The summed E-state index contributed by atoms with van der Waals surface area (Å²) >= 11 is 0. The summed E-state index contributed by atoms with van der Waals surface area (Å²) in [4.78, 5) is 12.8. The molecule has 0 saturated carbocycles. The molecular formula is C25H23FN2O5S. The normalized spacial score (nSPS) is 11.4. The Hall–Kier alpha value is -3.85. The highest BCUT2D eigenvalue weighted by atomic mass is 32.2. The largest absolute Gasteiger partial charge is 0.497 e. The SMILES string of the molecule is CCOC(=O)c1c(C)n(-c2ccc(OC)cc2)c2ccc(NS(=O)(=O)c3ccc(F)cc3)cc12. The average molecular weight is 483 g/mol. The molecule has 1 aromatic heterocycles. The molecule has 0 amide bonds. The third kappa shape index (κ3) is 4.34. The number of esters is 1. The van der Waals surface area contributed by atoms with Crippen molar-refractivity contribution in [2.45, 2.75) is 18.7 Å². The zero-order chi connectivity index (χ0) is 24.5. The molecule has 0 atom stereocenters. The molecule has 4 aromatic rings. The van der Waals surface area contributed by atoms with Crippen molar-refractivity contribution in [2.24, 2.45) is 0 Å². The monoisotopic (exact) mass is 482 g/mol. The smallest absolute Gasteiger partial charge is 0.340 e. The molecular weight excluding hydrogens is 459 g/mol. The molecule has 0 bridgehead atoms. The van der Waals surface area contributed by atoms with Gasteiger partial charge in [-0.3, -0.25) is 4.72 Å². The van der Waals surface area contributed by atoms with Crippen LogP contribution in [0.1, 0.15) is 23.0 Å². The summed E-state index contributed by atoms with van der Waals surface area (Å²) in [6.07, 6.45) is 0. The van der Waals surface area contributed by atoms with Gasteiger partial charge in [0.2, 0.25) is 0 Å². The second-order valence-corrected chi connectivity index (χ2v) is 9.19. The van der Waals surface area contributed by atoms with E-state index in [1.54, 1.807) is 39.2 Å². The number of methoxy groups -OCH3 is 1. The van der Waals surface area contributed by atoms with E-state index in [1.165, 1.54) is 12.1 Å². The number of ether oxygens (including phenoxy) is 2. The second-order valence-electron chi connectivity index (χ2n) is 7.51. The minimum Gasteiger partial charge on any atom is -0.497 e. The Kier molecular flexibility index (Phi) is 6.30. The van der Waals surface area contributed by atoms with Gasteiger partial charge in [0.15, 0.2) is 0 Å². The van der Waals surface area contributed by atoms with Crippen LogP contribution in [0.2, 0.25) is 0 Å². The van der Waals surface area contributed by atoms with Gasteiger partial charge in [-0.15, -0.1) is 0 Å². The van der Waals surface area contributed by atoms with Crippen LogP contribution in [0, 0.1) is 12.7 Å². The predicted molar refractivity (Wildman–Crippen MR) is 128 cm³/mol. The van der Waals surface area contributed by atoms with Gasteiger partial charge in [-0.05, 0) is 80.6 Å². The van der Waals surface area contributed by atoms with Crippen LogP contribution in [0.25, 0.3) is 16.6 Å². The number of anilines is 1. The fourth-order valence-corrected chi connectivity index (χ4v) is 4.88. The fourth-order valence-electron chi connectivity index (χ4n) is 3.83. The van der Waals surface area contributed by atoms with Crippen molar-refractivity contribution >= 4 is 32.6 Å². The van der Waals surface area contributed by atoms with Gasteiger partial charge in [0, 0.05) is 22.5 Å². The first kappa shape index (κ1) is 23.3. The predicted octanol–water partition coefficient (Wildman–Crippen LogP) is 5.06. The molecule has 0 aliphatic heterocycles. The highest BCUT2D eigenvalue weighted by Crippen LogP contribution is 2.33. The molecule has 1 N–H and O–H groups in total. The lowest BCUT2D eigenvalue weighted by molar-refractivity contribution is 0.0527. The number of nitrogens with zero attached hydrogens (tertiary/aromatic N) is 1. The zero-order valence-electron chi connectivity index (χ0n) is 18.8. The van der Waals surface area contributed by atoms with Crippen molar-refractivity contribution in [3.05, 3.63) is 83.8 Å². The number of carbonyl (C=O) groups is 1. The first-order valence-corrected chi connectivity index (χ1v) is 12.0. The third-order valence-corrected chi connectivity index (χ3v) is 6.79. The van der Waals surface area contributed by atoms with Crippen molar-refractivity contribution in [1.29, 1.82) is 0 Å². The quantitative estimate of drug-likeness (QED) is 0.372. The molecule has 0 aliphatic carbocycles. The highest BCUT2D eigenvalue weighted by molar-refractivity contribution is 7.92. The first-order chi connectivity index (χ1) is 16.2. The summed E-state index contributed by atoms with van der Waals surface area (Å²) in [6.45, 7) is 3.72. The second kappa shape index (κ2) is 9.18. The van der Waals surface area contributed by atoms with Crippen LogP contribution in [0.3, 0.4) is 0 Å². The molecule has 7 nitrogen and oxygen atoms in total. The van der Waals surface area contributed by atoms with Crippen LogP contribution >= 0.6 is 0 Å². The van der Waals surface area contributed by atoms with Crippen molar-refractivity contribution in [1.82, 2.24) is 4.57 Å². The molecule has 0 fully saturated rings. The summed E-state index contributed by atoms with van der Waals surface area (Å²) in [6, 6.07) is 16.8. The molecule has 0 aliphatic rings. The van der Waals surface area contributed by atoms with Gasteiger partial charge in [0.25, 0.3) is 10.0 Å². The van der Waals surface area contributed by atoms with E-state index >= 15 is 0 Å². The van der Waals surface area contributed by atoms with Gasteiger partial charge in [0.05, 0.1) is 29.7 Å². The van der Waals surface area contributed by atoms with Crippen molar-refractivity contribution in [3.63, 3.8) is 0 Å².